The van der Waals surface area contributed by atoms with Crippen LogP contribution in [0.15, 0.2) is 0 Å². The Labute approximate surface area is 137 Å². The third kappa shape index (κ3) is 4.43. The summed E-state index contributed by atoms with van der Waals surface area (Å²) in [6.45, 7) is 17.1. The van der Waals surface area contributed by atoms with E-state index >= 15 is 0 Å². The molecule has 1 saturated heterocycles. The third-order valence-corrected chi connectivity index (χ3v) is 9.84. The van der Waals surface area contributed by atoms with E-state index in [0.29, 0.717) is 0 Å². The number of aliphatic hydroxyl groups is 2. The maximum absolute atomic E-state index is 11.1. The first-order valence-electron chi connectivity index (χ1n) is 7.90. The molecular formula is C16H32O4Si2. The topological polar surface area (TPSA) is 58.9 Å². The SMILES string of the molecule is CC(C)(C)[Si](C)(C)O[C@H]1CO[C@H](CO)[C@]1(O)C#C[Si](C)(C)C. The lowest BCUT2D eigenvalue weighted by molar-refractivity contribution is -0.0488. The molecule has 3 atom stereocenters. The molecule has 0 saturated carbocycles. The zero-order valence-electron chi connectivity index (χ0n) is 15.3. The Balaban J connectivity index is 3.10. The molecule has 6 heteroatoms. The largest absolute Gasteiger partial charge is 0.407 e. The van der Waals surface area contributed by atoms with Gasteiger partial charge in [-0.05, 0) is 18.1 Å². The molecular weight excluding hydrogens is 312 g/mol. The molecule has 128 valence electrons. The number of hydrogen-bond acceptors (Lipinski definition) is 4. The smallest absolute Gasteiger partial charge is 0.192 e. The molecule has 0 aromatic carbocycles. The molecule has 1 fully saturated rings. The van der Waals surface area contributed by atoms with Crippen LogP contribution >= 0.6 is 0 Å². The molecule has 0 aromatic heterocycles. The summed E-state index contributed by atoms with van der Waals surface area (Å²) in [5, 5.41) is 20.6. The molecule has 1 aliphatic rings. The van der Waals surface area contributed by atoms with E-state index in [1.54, 1.807) is 0 Å². The number of hydrogen-bond donors (Lipinski definition) is 2. The van der Waals surface area contributed by atoms with Crippen molar-refractivity contribution in [2.75, 3.05) is 13.2 Å². The second-order valence-electron chi connectivity index (χ2n) is 8.70. The molecule has 22 heavy (non-hydrogen) atoms. The highest BCUT2D eigenvalue weighted by molar-refractivity contribution is 6.83. The predicted molar refractivity (Wildman–Crippen MR) is 95.0 cm³/mol. The minimum atomic E-state index is -2.05. The molecule has 0 aromatic rings. The number of aliphatic hydroxyl groups excluding tert-OH is 1. The molecule has 0 radical (unpaired) electrons. The van der Waals surface area contributed by atoms with Gasteiger partial charge in [-0.3, -0.25) is 0 Å². The monoisotopic (exact) mass is 344 g/mol. The highest BCUT2D eigenvalue weighted by atomic mass is 28.4. The molecule has 2 N–H and O–H groups in total. The average molecular weight is 345 g/mol. The van der Waals surface area contributed by atoms with Crippen LogP contribution in [0.4, 0.5) is 0 Å². The maximum atomic E-state index is 11.1. The fourth-order valence-corrected chi connectivity index (χ4v) is 3.85. The number of ether oxygens (including phenoxy) is 1. The van der Waals surface area contributed by atoms with Crippen molar-refractivity contribution in [3.05, 3.63) is 0 Å². The molecule has 1 rings (SSSR count). The Morgan fingerprint density at radius 1 is 1.23 bits per heavy atom. The molecule has 1 aliphatic heterocycles. The predicted octanol–water partition coefficient (Wildman–Crippen LogP) is 2.38. The zero-order chi connectivity index (χ0) is 17.4. The third-order valence-electron chi connectivity index (χ3n) is 4.48. The van der Waals surface area contributed by atoms with Gasteiger partial charge in [-0.1, -0.05) is 46.3 Å². The maximum Gasteiger partial charge on any atom is 0.192 e. The van der Waals surface area contributed by atoms with Crippen molar-refractivity contribution >= 4 is 16.4 Å². The van der Waals surface area contributed by atoms with E-state index in [0.717, 1.165) is 0 Å². The van der Waals surface area contributed by atoms with Gasteiger partial charge in [0.1, 0.15) is 20.3 Å². The summed E-state index contributed by atoms with van der Waals surface area (Å²) in [4.78, 5) is 0. The van der Waals surface area contributed by atoms with Crippen molar-refractivity contribution in [3.8, 4) is 11.5 Å². The molecule has 0 spiro atoms. The summed E-state index contributed by atoms with van der Waals surface area (Å²) >= 11 is 0. The fraction of sp³-hybridized carbons (Fsp3) is 0.875. The summed E-state index contributed by atoms with van der Waals surface area (Å²) in [7, 11) is -3.70. The normalized spacial score (nSPS) is 30.1. The van der Waals surface area contributed by atoms with E-state index in [2.05, 4.69) is 65.0 Å². The van der Waals surface area contributed by atoms with Crippen molar-refractivity contribution in [1.82, 2.24) is 0 Å². The molecule has 0 bridgehead atoms. The van der Waals surface area contributed by atoms with Gasteiger partial charge in [-0.2, -0.15) is 0 Å². The average Bonchev–Trinajstić information content (AvgIpc) is 2.62. The van der Waals surface area contributed by atoms with Crippen LogP contribution in [-0.2, 0) is 9.16 Å². The summed E-state index contributed by atoms with van der Waals surface area (Å²) in [6, 6.07) is 0. The van der Waals surface area contributed by atoms with Gasteiger partial charge in [-0.15, -0.1) is 5.54 Å². The first-order valence-corrected chi connectivity index (χ1v) is 14.3. The molecule has 0 aliphatic carbocycles. The van der Waals surface area contributed by atoms with Crippen LogP contribution in [0, 0.1) is 11.5 Å². The lowest BCUT2D eigenvalue weighted by Crippen LogP contribution is -2.54. The van der Waals surface area contributed by atoms with Gasteiger partial charge >= 0.3 is 0 Å². The summed E-state index contributed by atoms with van der Waals surface area (Å²) in [5.41, 5.74) is 1.78. The molecule has 0 unspecified atom stereocenters. The Kier molecular flexibility index (Phi) is 5.77. The minimum absolute atomic E-state index is 0.0391. The quantitative estimate of drug-likeness (QED) is 0.610. The van der Waals surface area contributed by atoms with E-state index < -0.39 is 34.2 Å². The zero-order valence-corrected chi connectivity index (χ0v) is 17.3. The van der Waals surface area contributed by atoms with E-state index in [4.69, 9.17) is 9.16 Å². The van der Waals surface area contributed by atoms with Gasteiger partial charge in [0.2, 0.25) is 0 Å². The van der Waals surface area contributed by atoms with Crippen molar-refractivity contribution in [2.24, 2.45) is 0 Å². The van der Waals surface area contributed by atoms with E-state index in [1.807, 2.05) is 0 Å². The molecule has 4 nitrogen and oxygen atoms in total. The highest BCUT2D eigenvalue weighted by Gasteiger charge is 2.53. The highest BCUT2D eigenvalue weighted by Crippen LogP contribution is 2.40. The van der Waals surface area contributed by atoms with Crippen LogP contribution in [0.2, 0.25) is 37.8 Å². The second-order valence-corrected chi connectivity index (χ2v) is 18.2. The van der Waals surface area contributed by atoms with Crippen molar-refractivity contribution in [2.45, 2.75) is 76.4 Å². The second kappa shape index (κ2) is 6.38. The Morgan fingerprint density at radius 2 is 1.77 bits per heavy atom. The summed E-state index contributed by atoms with van der Waals surface area (Å²) in [5.74, 6) is 3.00. The van der Waals surface area contributed by atoms with E-state index in [9.17, 15) is 10.2 Å². The van der Waals surface area contributed by atoms with E-state index in [1.165, 1.54) is 0 Å². The van der Waals surface area contributed by atoms with Gasteiger partial charge in [0.15, 0.2) is 13.9 Å². The van der Waals surface area contributed by atoms with Crippen LogP contribution in [0.3, 0.4) is 0 Å². The lowest BCUT2D eigenvalue weighted by atomic mass is 9.95. The van der Waals surface area contributed by atoms with Crippen LogP contribution in [-0.4, -0.2) is 57.6 Å². The van der Waals surface area contributed by atoms with Crippen LogP contribution in [0.25, 0.3) is 0 Å². The Hall–Kier alpha value is -0.166. The van der Waals surface area contributed by atoms with Gasteiger partial charge in [-0.25, -0.2) is 0 Å². The van der Waals surface area contributed by atoms with E-state index in [-0.39, 0.29) is 18.3 Å². The fourth-order valence-electron chi connectivity index (χ4n) is 1.96. The molecule has 0 amide bonds. The minimum Gasteiger partial charge on any atom is -0.407 e. The Morgan fingerprint density at radius 3 is 2.18 bits per heavy atom. The van der Waals surface area contributed by atoms with Crippen LogP contribution in [0.5, 0.6) is 0 Å². The standard InChI is InChI=1S/C16H32O4Si2/c1-15(2,3)22(7,8)20-14-12-19-13(11-17)16(14,18)9-10-21(4,5)6/h13-14,17-18H,11-12H2,1-8H3/t13-,14+,16-/m1/s1. The van der Waals surface area contributed by atoms with Crippen molar-refractivity contribution in [1.29, 1.82) is 0 Å². The van der Waals surface area contributed by atoms with Crippen LogP contribution < -0.4 is 0 Å². The Bertz CT molecular complexity index is 453. The van der Waals surface area contributed by atoms with Gasteiger partial charge < -0.3 is 19.4 Å². The van der Waals surface area contributed by atoms with Gasteiger partial charge in [0, 0.05) is 0 Å². The first-order chi connectivity index (χ1) is 9.73. The summed E-state index contributed by atoms with van der Waals surface area (Å²) in [6.07, 6.45) is -1.21. The lowest BCUT2D eigenvalue weighted by Gasteiger charge is -2.40. The van der Waals surface area contributed by atoms with Gasteiger partial charge in [0.25, 0.3) is 0 Å². The molecule has 1 heterocycles. The van der Waals surface area contributed by atoms with Crippen LogP contribution in [0.1, 0.15) is 20.8 Å². The first kappa shape index (κ1) is 19.9. The van der Waals surface area contributed by atoms with Crippen molar-refractivity contribution in [3.63, 3.8) is 0 Å². The van der Waals surface area contributed by atoms with Crippen molar-refractivity contribution < 1.29 is 19.4 Å². The van der Waals surface area contributed by atoms with Gasteiger partial charge in [0.05, 0.1) is 13.2 Å². The number of rotatable bonds is 3. The summed E-state index contributed by atoms with van der Waals surface area (Å²) < 4.78 is 11.9.